The van der Waals surface area contributed by atoms with E-state index in [1.54, 1.807) is 37.4 Å². The van der Waals surface area contributed by atoms with Gasteiger partial charge in [0.2, 0.25) is 5.91 Å². The minimum atomic E-state index is -1.36. The van der Waals surface area contributed by atoms with Crippen molar-refractivity contribution in [2.45, 2.75) is 37.0 Å². The maximum Gasteiger partial charge on any atom is 0.326 e. The Morgan fingerprint density at radius 1 is 1.26 bits per heavy atom. The highest BCUT2D eigenvalue weighted by Gasteiger charge is 2.43. The van der Waals surface area contributed by atoms with E-state index in [4.69, 9.17) is 0 Å². The number of carbonyl (C=O) groups is 3. The SMILES string of the molecule is CC(S)(CC(=O)c1cccnc1)C(=O)N1c2ccccc2CCC1C(=O)O. The zero-order chi connectivity index (χ0) is 19.6. The molecule has 1 aromatic carbocycles. The van der Waals surface area contributed by atoms with Crippen molar-refractivity contribution in [3.05, 3.63) is 59.9 Å². The van der Waals surface area contributed by atoms with Gasteiger partial charge in [0.15, 0.2) is 5.78 Å². The largest absolute Gasteiger partial charge is 0.480 e. The smallest absolute Gasteiger partial charge is 0.326 e. The number of carboxylic acids is 1. The molecule has 0 spiro atoms. The topological polar surface area (TPSA) is 87.6 Å². The van der Waals surface area contributed by atoms with Gasteiger partial charge in [-0.3, -0.25) is 19.5 Å². The van der Waals surface area contributed by atoms with Gasteiger partial charge in [0.05, 0.1) is 4.75 Å². The Kier molecular flexibility index (Phi) is 5.32. The summed E-state index contributed by atoms with van der Waals surface area (Å²) < 4.78 is -1.36. The lowest BCUT2D eigenvalue weighted by molar-refractivity contribution is -0.140. The molecule has 140 valence electrons. The van der Waals surface area contributed by atoms with Gasteiger partial charge in [0.25, 0.3) is 0 Å². The number of aliphatic carboxylic acids is 1. The van der Waals surface area contributed by atoms with Crippen LogP contribution in [0.3, 0.4) is 0 Å². The number of Topliss-reactive ketones (excluding diaryl/α,β-unsaturated/α-hetero) is 1. The number of thiol groups is 1. The van der Waals surface area contributed by atoms with E-state index in [9.17, 15) is 19.5 Å². The van der Waals surface area contributed by atoms with Crippen LogP contribution < -0.4 is 4.90 Å². The molecule has 1 N–H and O–H groups in total. The van der Waals surface area contributed by atoms with Gasteiger partial charge in [-0.25, -0.2) is 4.79 Å². The maximum absolute atomic E-state index is 13.3. The quantitative estimate of drug-likeness (QED) is 0.611. The van der Waals surface area contributed by atoms with Crippen LogP contribution in [0.1, 0.15) is 35.7 Å². The summed E-state index contributed by atoms with van der Waals surface area (Å²) in [6.45, 7) is 1.54. The first kappa shape index (κ1) is 19.1. The fraction of sp³-hybridized carbons (Fsp3) is 0.300. The predicted molar refractivity (Wildman–Crippen MR) is 104 cm³/mol. The Labute approximate surface area is 162 Å². The molecule has 1 aliphatic rings. The maximum atomic E-state index is 13.3. The molecule has 6 nitrogen and oxygen atoms in total. The van der Waals surface area contributed by atoms with Gasteiger partial charge >= 0.3 is 5.97 Å². The molecule has 0 saturated heterocycles. The minimum absolute atomic E-state index is 0.161. The summed E-state index contributed by atoms with van der Waals surface area (Å²) in [6.07, 6.45) is 3.73. The van der Waals surface area contributed by atoms with Crippen LogP contribution in [-0.2, 0) is 16.0 Å². The molecule has 1 aromatic heterocycles. The molecule has 0 fully saturated rings. The van der Waals surface area contributed by atoms with Crippen molar-refractivity contribution in [1.29, 1.82) is 0 Å². The zero-order valence-corrected chi connectivity index (χ0v) is 15.7. The van der Waals surface area contributed by atoms with Crippen LogP contribution in [0, 0.1) is 0 Å². The molecule has 2 unspecified atom stereocenters. The molecule has 3 rings (SSSR count). The van der Waals surface area contributed by atoms with Gasteiger partial charge in [-0.2, -0.15) is 12.6 Å². The fourth-order valence-corrected chi connectivity index (χ4v) is 3.56. The van der Waals surface area contributed by atoms with E-state index in [1.165, 1.54) is 11.1 Å². The summed E-state index contributed by atoms with van der Waals surface area (Å²) in [7, 11) is 0. The molecule has 2 heterocycles. The van der Waals surface area contributed by atoms with E-state index in [0.29, 0.717) is 24.1 Å². The second-order valence-corrected chi connectivity index (χ2v) is 7.80. The van der Waals surface area contributed by atoms with E-state index in [0.717, 1.165) is 5.56 Å². The summed E-state index contributed by atoms with van der Waals surface area (Å²) in [4.78, 5) is 42.8. The Morgan fingerprint density at radius 3 is 2.67 bits per heavy atom. The second kappa shape index (κ2) is 7.52. The molecule has 1 aliphatic heterocycles. The van der Waals surface area contributed by atoms with E-state index in [-0.39, 0.29) is 12.2 Å². The van der Waals surface area contributed by atoms with Crippen molar-refractivity contribution < 1.29 is 19.5 Å². The number of carboxylic acid groups (broad SMARTS) is 1. The van der Waals surface area contributed by atoms with Crippen molar-refractivity contribution in [2.24, 2.45) is 0 Å². The van der Waals surface area contributed by atoms with E-state index >= 15 is 0 Å². The molecule has 2 aromatic rings. The Balaban J connectivity index is 1.91. The Bertz CT molecular complexity index is 883. The average molecular weight is 384 g/mol. The van der Waals surface area contributed by atoms with Crippen LogP contribution in [0.15, 0.2) is 48.8 Å². The Morgan fingerprint density at radius 2 is 2.00 bits per heavy atom. The fourth-order valence-electron chi connectivity index (χ4n) is 3.31. The lowest BCUT2D eigenvalue weighted by Crippen LogP contribution is -2.54. The first-order valence-electron chi connectivity index (χ1n) is 8.61. The van der Waals surface area contributed by atoms with Gasteiger partial charge in [-0.05, 0) is 43.5 Å². The van der Waals surface area contributed by atoms with Crippen LogP contribution in [0.4, 0.5) is 5.69 Å². The highest BCUT2D eigenvalue weighted by Crippen LogP contribution is 2.35. The third-order valence-corrected chi connectivity index (χ3v) is 5.05. The number of fused-ring (bicyclic) bond motifs is 1. The summed E-state index contributed by atoms with van der Waals surface area (Å²) in [5.41, 5.74) is 1.86. The van der Waals surface area contributed by atoms with E-state index in [1.807, 2.05) is 12.1 Å². The number of aromatic nitrogens is 1. The van der Waals surface area contributed by atoms with Crippen molar-refractivity contribution >= 4 is 36.0 Å². The number of aryl methyl sites for hydroxylation is 1. The summed E-state index contributed by atoms with van der Waals surface area (Å²) in [5.74, 6) is -1.84. The van der Waals surface area contributed by atoms with Gasteiger partial charge in [0.1, 0.15) is 6.04 Å². The number of rotatable bonds is 5. The summed E-state index contributed by atoms with van der Waals surface area (Å²) in [6, 6.07) is 9.52. The summed E-state index contributed by atoms with van der Waals surface area (Å²) in [5, 5.41) is 9.61. The van der Waals surface area contributed by atoms with Crippen molar-refractivity contribution in [3.8, 4) is 0 Å². The molecule has 0 aliphatic carbocycles. The lowest BCUT2D eigenvalue weighted by atomic mass is 9.92. The predicted octanol–water partition coefficient (Wildman–Crippen LogP) is 2.78. The number of hydrogen-bond acceptors (Lipinski definition) is 5. The molecule has 27 heavy (non-hydrogen) atoms. The normalized spacial score (nSPS) is 18.3. The third kappa shape index (κ3) is 3.88. The monoisotopic (exact) mass is 384 g/mol. The zero-order valence-electron chi connectivity index (χ0n) is 14.8. The first-order chi connectivity index (χ1) is 12.8. The molecule has 2 atom stereocenters. The highest BCUT2D eigenvalue weighted by atomic mass is 32.1. The van der Waals surface area contributed by atoms with Crippen molar-refractivity contribution in [3.63, 3.8) is 0 Å². The van der Waals surface area contributed by atoms with Gasteiger partial charge < -0.3 is 5.11 Å². The molecule has 0 saturated carbocycles. The number of carbonyl (C=O) groups excluding carboxylic acids is 2. The summed E-state index contributed by atoms with van der Waals surface area (Å²) >= 11 is 4.46. The number of pyridine rings is 1. The van der Waals surface area contributed by atoms with Crippen molar-refractivity contribution in [2.75, 3.05) is 4.90 Å². The standard InChI is InChI=1S/C20H20N2O4S/c1-20(27,11-17(23)14-6-4-10-21-12-14)19(26)22-15-7-3-2-5-13(15)8-9-16(22)18(24)25/h2-7,10,12,16,27H,8-9,11H2,1H3,(H,24,25). The molecule has 0 bridgehead atoms. The molecule has 7 heteroatoms. The molecule has 1 amide bonds. The molecule has 0 radical (unpaired) electrons. The van der Waals surface area contributed by atoms with Crippen LogP contribution >= 0.6 is 12.6 Å². The number of benzene rings is 1. The Hall–Kier alpha value is -2.67. The third-order valence-electron chi connectivity index (χ3n) is 4.70. The van der Waals surface area contributed by atoms with Crippen LogP contribution in [0.25, 0.3) is 0 Å². The number of amides is 1. The van der Waals surface area contributed by atoms with E-state index < -0.39 is 22.7 Å². The number of ketones is 1. The lowest BCUT2D eigenvalue weighted by Gasteiger charge is -2.38. The van der Waals surface area contributed by atoms with Crippen molar-refractivity contribution in [1.82, 2.24) is 4.98 Å². The second-order valence-electron chi connectivity index (χ2n) is 6.81. The highest BCUT2D eigenvalue weighted by molar-refractivity contribution is 7.82. The molecular weight excluding hydrogens is 364 g/mol. The number of nitrogens with zero attached hydrogens (tertiary/aromatic N) is 2. The van der Waals surface area contributed by atoms with Gasteiger partial charge in [-0.15, -0.1) is 0 Å². The number of anilines is 1. The first-order valence-corrected chi connectivity index (χ1v) is 9.06. The van der Waals surface area contributed by atoms with Crippen LogP contribution in [0.2, 0.25) is 0 Å². The van der Waals surface area contributed by atoms with Crippen LogP contribution in [-0.4, -0.2) is 38.5 Å². The van der Waals surface area contributed by atoms with Crippen LogP contribution in [0.5, 0.6) is 0 Å². The average Bonchev–Trinajstić information content (AvgIpc) is 2.66. The minimum Gasteiger partial charge on any atom is -0.480 e. The molecular formula is C20H20N2O4S. The van der Waals surface area contributed by atoms with Gasteiger partial charge in [0, 0.05) is 30.1 Å². The number of hydrogen-bond donors (Lipinski definition) is 2. The number of para-hydroxylation sites is 1. The van der Waals surface area contributed by atoms with Gasteiger partial charge in [-0.1, -0.05) is 18.2 Å². The van der Waals surface area contributed by atoms with E-state index in [2.05, 4.69) is 17.6 Å².